The fraction of sp³-hybridized carbons (Fsp3) is 0.562. The highest BCUT2D eigenvalue weighted by molar-refractivity contribution is 5.81. The highest BCUT2D eigenvalue weighted by Gasteiger charge is 2.22. The lowest BCUT2D eigenvalue weighted by Gasteiger charge is -2.26. The van der Waals surface area contributed by atoms with Gasteiger partial charge in [0.15, 0.2) is 0 Å². The van der Waals surface area contributed by atoms with Crippen molar-refractivity contribution in [3.63, 3.8) is 0 Å². The number of benzene rings is 1. The molecule has 0 saturated heterocycles. The van der Waals surface area contributed by atoms with E-state index < -0.39 is 0 Å². The van der Waals surface area contributed by atoms with E-state index in [-0.39, 0.29) is 17.4 Å². The maximum Gasteiger partial charge on any atom is 0.236 e. The molecular weight excluding hydrogens is 236 g/mol. The Morgan fingerprint density at radius 3 is 2.42 bits per heavy atom. The summed E-state index contributed by atoms with van der Waals surface area (Å²) in [5.41, 5.74) is 8.18. The van der Waals surface area contributed by atoms with E-state index in [9.17, 15) is 4.79 Å². The van der Waals surface area contributed by atoms with E-state index in [1.807, 2.05) is 6.92 Å². The first-order chi connectivity index (χ1) is 8.86. The number of rotatable bonds is 6. The number of hydrogen-bond acceptors (Lipinski definition) is 2. The number of carbonyl (C=O) groups excluding carboxylic acids is 1. The lowest BCUT2D eigenvalue weighted by Crippen LogP contribution is -2.45. The van der Waals surface area contributed by atoms with Gasteiger partial charge in [-0.25, -0.2) is 0 Å². The zero-order valence-corrected chi connectivity index (χ0v) is 12.5. The van der Waals surface area contributed by atoms with Crippen LogP contribution in [0.4, 0.5) is 0 Å². The quantitative estimate of drug-likeness (QED) is 0.827. The average Bonchev–Trinajstić information content (AvgIpc) is 2.37. The van der Waals surface area contributed by atoms with Crippen molar-refractivity contribution in [1.82, 2.24) is 5.32 Å². The highest BCUT2D eigenvalue weighted by Crippen LogP contribution is 2.22. The van der Waals surface area contributed by atoms with Crippen molar-refractivity contribution in [3.8, 4) is 0 Å². The Bertz CT molecular complexity index is 409. The van der Waals surface area contributed by atoms with E-state index in [1.54, 1.807) is 0 Å². The molecule has 1 unspecified atom stereocenters. The van der Waals surface area contributed by atoms with Crippen molar-refractivity contribution in [1.29, 1.82) is 0 Å². The minimum absolute atomic E-state index is 0.0537. The summed E-state index contributed by atoms with van der Waals surface area (Å²) < 4.78 is 0. The molecule has 106 valence electrons. The molecule has 0 fully saturated rings. The summed E-state index contributed by atoms with van der Waals surface area (Å²) in [6.07, 6.45) is 1.66. The fourth-order valence-electron chi connectivity index (χ4n) is 1.99. The Balaban J connectivity index is 2.60. The molecule has 0 saturated carbocycles. The van der Waals surface area contributed by atoms with Crippen LogP contribution < -0.4 is 11.1 Å². The van der Waals surface area contributed by atoms with E-state index in [1.165, 1.54) is 11.1 Å². The maximum absolute atomic E-state index is 11.8. The molecule has 19 heavy (non-hydrogen) atoms. The van der Waals surface area contributed by atoms with Gasteiger partial charge in [0.05, 0.1) is 6.04 Å². The zero-order valence-electron chi connectivity index (χ0n) is 12.5. The van der Waals surface area contributed by atoms with Gasteiger partial charge in [-0.3, -0.25) is 4.79 Å². The van der Waals surface area contributed by atoms with Crippen LogP contribution in [0.3, 0.4) is 0 Å². The number of amides is 1. The molecule has 0 aromatic heterocycles. The molecule has 1 atom stereocenters. The largest absolute Gasteiger partial charge is 0.354 e. The molecule has 0 aliphatic heterocycles. The minimum Gasteiger partial charge on any atom is -0.354 e. The first-order valence-electron chi connectivity index (χ1n) is 6.97. The summed E-state index contributed by atoms with van der Waals surface area (Å²) in [6.45, 7) is 8.96. The molecule has 0 spiro atoms. The van der Waals surface area contributed by atoms with Gasteiger partial charge in [0, 0.05) is 12.0 Å². The Morgan fingerprint density at radius 1 is 1.32 bits per heavy atom. The Morgan fingerprint density at radius 2 is 1.89 bits per heavy atom. The van der Waals surface area contributed by atoms with Gasteiger partial charge >= 0.3 is 0 Å². The third-order valence-electron chi connectivity index (χ3n) is 3.47. The van der Waals surface area contributed by atoms with Crippen molar-refractivity contribution in [2.45, 2.75) is 52.0 Å². The SMILES string of the molecule is CCCC(N)C(=O)NCC(C)(C)c1ccc(C)cc1. The molecule has 0 bridgehead atoms. The van der Waals surface area contributed by atoms with Gasteiger partial charge in [-0.05, 0) is 18.9 Å². The van der Waals surface area contributed by atoms with Crippen LogP contribution in [0.1, 0.15) is 44.7 Å². The third-order valence-corrected chi connectivity index (χ3v) is 3.47. The van der Waals surface area contributed by atoms with Crippen LogP contribution in [0.15, 0.2) is 24.3 Å². The zero-order chi connectivity index (χ0) is 14.5. The smallest absolute Gasteiger partial charge is 0.236 e. The second kappa shape index (κ2) is 6.71. The highest BCUT2D eigenvalue weighted by atomic mass is 16.2. The minimum atomic E-state index is -0.390. The third kappa shape index (κ3) is 4.67. The molecule has 3 heteroatoms. The summed E-state index contributed by atoms with van der Waals surface area (Å²) in [5, 5.41) is 2.96. The van der Waals surface area contributed by atoms with Crippen LogP contribution in [0.25, 0.3) is 0 Å². The van der Waals surface area contributed by atoms with Crippen molar-refractivity contribution in [2.75, 3.05) is 6.54 Å². The maximum atomic E-state index is 11.8. The number of aryl methyl sites for hydroxylation is 1. The standard InChI is InChI=1S/C16H26N2O/c1-5-6-14(17)15(19)18-11-16(3,4)13-9-7-12(2)8-10-13/h7-10,14H,5-6,11,17H2,1-4H3,(H,18,19). The molecule has 3 nitrogen and oxygen atoms in total. The topological polar surface area (TPSA) is 55.1 Å². The number of hydrogen-bond donors (Lipinski definition) is 2. The second-order valence-electron chi connectivity index (χ2n) is 5.86. The summed E-state index contributed by atoms with van der Waals surface area (Å²) in [7, 11) is 0. The molecule has 1 aromatic carbocycles. The molecule has 0 aliphatic rings. The van der Waals surface area contributed by atoms with Gasteiger partial charge in [0.1, 0.15) is 0 Å². The molecule has 0 heterocycles. The van der Waals surface area contributed by atoms with Gasteiger partial charge in [-0.1, -0.05) is 57.0 Å². The van der Waals surface area contributed by atoms with Gasteiger partial charge in [-0.2, -0.15) is 0 Å². The normalized spacial score (nSPS) is 13.1. The molecule has 1 aromatic rings. The van der Waals surface area contributed by atoms with Crippen molar-refractivity contribution in [2.24, 2.45) is 5.73 Å². The molecule has 1 rings (SSSR count). The predicted octanol–water partition coefficient (Wildman–Crippen LogP) is 2.52. The van der Waals surface area contributed by atoms with Gasteiger partial charge in [-0.15, -0.1) is 0 Å². The Hall–Kier alpha value is -1.35. The van der Waals surface area contributed by atoms with E-state index >= 15 is 0 Å². The van der Waals surface area contributed by atoms with Crippen LogP contribution in [-0.2, 0) is 10.2 Å². The first-order valence-corrected chi connectivity index (χ1v) is 6.97. The monoisotopic (exact) mass is 262 g/mol. The second-order valence-corrected chi connectivity index (χ2v) is 5.86. The number of nitrogens with two attached hydrogens (primary N) is 1. The van der Waals surface area contributed by atoms with Crippen molar-refractivity contribution >= 4 is 5.91 Å². The van der Waals surface area contributed by atoms with Gasteiger partial charge in [0.2, 0.25) is 5.91 Å². The molecular formula is C16H26N2O. The van der Waals surface area contributed by atoms with E-state index in [4.69, 9.17) is 5.73 Å². The lowest BCUT2D eigenvalue weighted by atomic mass is 9.84. The molecule has 0 aliphatic carbocycles. The fourth-order valence-corrected chi connectivity index (χ4v) is 1.99. The number of carbonyl (C=O) groups is 1. The summed E-state index contributed by atoms with van der Waals surface area (Å²) in [5.74, 6) is -0.0537. The Kier molecular flexibility index (Phi) is 5.55. The van der Waals surface area contributed by atoms with Crippen LogP contribution in [0.2, 0.25) is 0 Å². The van der Waals surface area contributed by atoms with Gasteiger partial charge < -0.3 is 11.1 Å². The van der Waals surface area contributed by atoms with Crippen LogP contribution >= 0.6 is 0 Å². The Labute approximate surface area is 116 Å². The first kappa shape index (κ1) is 15.7. The van der Waals surface area contributed by atoms with E-state index in [0.717, 1.165) is 12.8 Å². The van der Waals surface area contributed by atoms with Crippen molar-refractivity contribution < 1.29 is 4.79 Å². The van der Waals surface area contributed by atoms with Crippen LogP contribution in [-0.4, -0.2) is 18.5 Å². The molecule has 1 amide bonds. The molecule has 0 radical (unpaired) electrons. The van der Waals surface area contributed by atoms with Crippen LogP contribution in [0.5, 0.6) is 0 Å². The van der Waals surface area contributed by atoms with Crippen molar-refractivity contribution in [3.05, 3.63) is 35.4 Å². The summed E-state index contributed by atoms with van der Waals surface area (Å²) in [6, 6.07) is 8.04. The van der Waals surface area contributed by atoms with Gasteiger partial charge in [0.25, 0.3) is 0 Å². The van der Waals surface area contributed by atoms with E-state index in [2.05, 4.69) is 50.4 Å². The average molecular weight is 262 g/mol. The van der Waals surface area contributed by atoms with E-state index in [0.29, 0.717) is 6.54 Å². The summed E-state index contributed by atoms with van der Waals surface area (Å²) >= 11 is 0. The predicted molar refractivity (Wildman–Crippen MR) is 80.1 cm³/mol. The lowest BCUT2D eigenvalue weighted by molar-refractivity contribution is -0.122. The number of nitrogens with one attached hydrogen (secondary N) is 1. The van der Waals surface area contributed by atoms with Crippen LogP contribution in [0, 0.1) is 6.92 Å². The molecule has 3 N–H and O–H groups in total. The summed E-state index contributed by atoms with van der Waals surface area (Å²) in [4.78, 5) is 11.8.